The van der Waals surface area contributed by atoms with E-state index in [0.29, 0.717) is 11.5 Å². The van der Waals surface area contributed by atoms with Crippen LogP contribution in [0, 0.1) is 32.1 Å². The van der Waals surface area contributed by atoms with Crippen molar-refractivity contribution in [2.45, 2.75) is 40.5 Å². The standard InChI is InChI=1S/C31H29N2O/c1-18(2)27-20(4)16-26(33(6)21(27)5)28-19(3)12-14-25-29-23(17-32)13-15-24(30(29)34-31(25)28)22-10-8-7-9-11-22/h7-16,18H,1-6H3/q+1. The Hall–Kier alpha value is -3.90. The highest BCUT2D eigenvalue weighted by atomic mass is 16.3. The Morgan fingerprint density at radius 2 is 1.62 bits per heavy atom. The van der Waals surface area contributed by atoms with Gasteiger partial charge in [-0.3, -0.25) is 0 Å². The van der Waals surface area contributed by atoms with Crippen molar-refractivity contribution in [2.24, 2.45) is 7.05 Å². The number of nitriles is 1. The lowest BCUT2D eigenvalue weighted by Crippen LogP contribution is -2.37. The smallest absolute Gasteiger partial charge is 0.216 e. The summed E-state index contributed by atoms with van der Waals surface area (Å²) in [6.45, 7) is 11.0. The van der Waals surface area contributed by atoms with E-state index in [-0.39, 0.29) is 0 Å². The Bertz CT molecular complexity index is 1620. The van der Waals surface area contributed by atoms with Crippen LogP contribution in [0.5, 0.6) is 0 Å². The molecular formula is C31H29N2O+. The first-order valence-electron chi connectivity index (χ1n) is 11.8. The zero-order chi connectivity index (χ0) is 24.1. The first kappa shape index (κ1) is 21.9. The maximum Gasteiger partial charge on any atom is 0.216 e. The summed E-state index contributed by atoms with van der Waals surface area (Å²) in [7, 11) is 2.13. The van der Waals surface area contributed by atoms with Gasteiger partial charge in [-0.1, -0.05) is 56.3 Å². The van der Waals surface area contributed by atoms with Gasteiger partial charge in [0.2, 0.25) is 5.69 Å². The van der Waals surface area contributed by atoms with Gasteiger partial charge in [-0.15, -0.1) is 0 Å². The topological polar surface area (TPSA) is 40.8 Å². The van der Waals surface area contributed by atoms with Gasteiger partial charge in [-0.2, -0.15) is 9.83 Å². The Labute approximate surface area is 200 Å². The SMILES string of the molecule is Cc1cc(-c2c(C)ccc3c2oc2c(-c4ccccc4)ccc(C#N)c23)[n+](C)c(C)c1C(C)C. The minimum absolute atomic E-state index is 0.454. The fourth-order valence-corrected chi connectivity index (χ4v) is 5.44. The second kappa shape index (κ2) is 8.15. The number of nitrogens with zero attached hydrogens (tertiary/aromatic N) is 2. The maximum atomic E-state index is 9.92. The number of aromatic nitrogens is 1. The molecule has 3 heteroatoms. The number of rotatable bonds is 3. The molecule has 2 heterocycles. The monoisotopic (exact) mass is 445 g/mol. The van der Waals surface area contributed by atoms with Gasteiger partial charge in [0, 0.05) is 34.9 Å². The van der Waals surface area contributed by atoms with Gasteiger partial charge in [0.1, 0.15) is 18.2 Å². The molecule has 34 heavy (non-hydrogen) atoms. The molecule has 0 unspecified atom stereocenters. The predicted octanol–water partition coefficient (Wildman–Crippen LogP) is 7.66. The fourth-order valence-electron chi connectivity index (χ4n) is 5.44. The van der Waals surface area contributed by atoms with Crippen molar-refractivity contribution in [3.63, 3.8) is 0 Å². The molecule has 5 rings (SSSR count). The van der Waals surface area contributed by atoms with Crippen molar-refractivity contribution in [1.29, 1.82) is 5.26 Å². The molecule has 3 aromatic carbocycles. The fraction of sp³-hybridized carbons (Fsp3) is 0.226. The Balaban J connectivity index is 1.91. The summed E-state index contributed by atoms with van der Waals surface area (Å²) in [5.74, 6) is 0.454. The molecule has 0 saturated carbocycles. The van der Waals surface area contributed by atoms with E-state index in [4.69, 9.17) is 4.42 Å². The van der Waals surface area contributed by atoms with Gasteiger partial charge >= 0.3 is 0 Å². The average Bonchev–Trinajstić information content (AvgIpc) is 3.21. The van der Waals surface area contributed by atoms with Crippen LogP contribution in [0.2, 0.25) is 0 Å². The van der Waals surface area contributed by atoms with Gasteiger partial charge in [-0.25, -0.2) is 0 Å². The van der Waals surface area contributed by atoms with E-state index in [1.165, 1.54) is 16.8 Å². The number of furan rings is 1. The van der Waals surface area contributed by atoms with E-state index in [1.54, 1.807) is 0 Å². The second-order valence-electron chi connectivity index (χ2n) is 9.50. The van der Waals surface area contributed by atoms with Crippen LogP contribution in [-0.4, -0.2) is 0 Å². The van der Waals surface area contributed by atoms with Crippen LogP contribution in [0.4, 0.5) is 0 Å². The molecule has 0 aliphatic carbocycles. The maximum absolute atomic E-state index is 9.92. The number of fused-ring (bicyclic) bond motifs is 3. The van der Waals surface area contributed by atoms with Gasteiger partial charge in [-0.05, 0) is 48.6 Å². The Kier molecular flexibility index (Phi) is 5.25. The van der Waals surface area contributed by atoms with Crippen molar-refractivity contribution < 1.29 is 8.98 Å². The summed E-state index contributed by atoms with van der Waals surface area (Å²) < 4.78 is 8.97. The molecule has 0 radical (unpaired) electrons. The summed E-state index contributed by atoms with van der Waals surface area (Å²) in [5, 5.41) is 11.8. The largest absolute Gasteiger partial charge is 0.454 e. The normalized spacial score (nSPS) is 11.5. The number of hydrogen-bond acceptors (Lipinski definition) is 2. The third-order valence-electron chi connectivity index (χ3n) is 7.07. The van der Waals surface area contributed by atoms with E-state index in [2.05, 4.69) is 82.6 Å². The first-order valence-corrected chi connectivity index (χ1v) is 11.8. The molecule has 0 spiro atoms. The van der Waals surface area contributed by atoms with Crippen LogP contribution in [0.1, 0.15) is 47.7 Å². The summed E-state index contributed by atoms with van der Waals surface area (Å²) in [4.78, 5) is 0. The second-order valence-corrected chi connectivity index (χ2v) is 9.50. The van der Waals surface area contributed by atoms with Crippen molar-refractivity contribution in [3.05, 3.63) is 88.6 Å². The minimum atomic E-state index is 0.454. The lowest BCUT2D eigenvalue weighted by molar-refractivity contribution is -0.667. The highest BCUT2D eigenvalue weighted by Gasteiger charge is 2.26. The molecule has 3 nitrogen and oxygen atoms in total. The van der Waals surface area contributed by atoms with Crippen molar-refractivity contribution in [1.82, 2.24) is 0 Å². The first-order chi connectivity index (χ1) is 16.3. The van der Waals surface area contributed by atoms with Crippen molar-refractivity contribution >= 4 is 21.9 Å². The Morgan fingerprint density at radius 1 is 0.882 bits per heavy atom. The van der Waals surface area contributed by atoms with Gasteiger partial charge in [0.05, 0.1) is 17.2 Å². The molecule has 0 fully saturated rings. The molecule has 0 aliphatic rings. The zero-order valence-corrected chi connectivity index (χ0v) is 20.7. The summed E-state index contributed by atoms with van der Waals surface area (Å²) >= 11 is 0. The summed E-state index contributed by atoms with van der Waals surface area (Å²) in [6, 6.07) is 23.0. The van der Waals surface area contributed by atoms with Crippen LogP contribution >= 0.6 is 0 Å². The lowest BCUT2D eigenvalue weighted by Gasteiger charge is -2.15. The molecule has 5 aromatic rings. The molecular weight excluding hydrogens is 416 g/mol. The number of pyridine rings is 1. The summed E-state index contributed by atoms with van der Waals surface area (Å²) in [5.41, 5.74) is 11.6. The molecule has 0 atom stereocenters. The van der Waals surface area contributed by atoms with Crippen LogP contribution in [-0.2, 0) is 7.05 Å². The van der Waals surface area contributed by atoms with Crippen LogP contribution in [0.3, 0.4) is 0 Å². The third kappa shape index (κ3) is 3.22. The van der Waals surface area contributed by atoms with Crippen molar-refractivity contribution in [3.8, 4) is 28.5 Å². The van der Waals surface area contributed by atoms with E-state index < -0.39 is 0 Å². The molecule has 0 amide bonds. The number of hydrogen-bond donors (Lipinski definition) is 0. The summed E-state index contributed by atoms with van der Waals surface area (Å²) in [6.07, 6.45) is 0. The van der Waals surface area contributed by atoms with Crippen LogP contribution in [0.25, 0.3) is 44.3 Å². The molecule has 0 bridgehead atoms. The lowest BCUT2D eigenvalue weighted by atomic mass is 9.92. The average molecular weight is 446 g/mol. The highest BCUT2D eigenvalue weighted by molar-refractivity contribution is 6.15. The molecule has 168 valence electrons. The molecule has 2 aromatic heterocycles. The minimum Gasteiger partial charge on any atom is -0.454 e. The molecule has 0 aliphatic heterocycles. The molecule has 0 N–H and O–H groups in total. The van der Waals surface area contributed by atoms with Gasteiger partial charge in [0.15, 0.2) is 5.69 Å². The van der Waals surface area contributed by atoms with Gasteiger partial charge in [0.25, 0.3) is 0 Å². The van der Waals surface area contributed by atoms with E-state index in [0.717, 1.165) is 49.9 Å². The van der Waals surface area contributed by atoms with E-state index >= 15 is 0 Å². The highest BCUT2D eigenvalue weighted by Crippen LogP contribution is 2.42. The van der Waals surface area contributed by atoms with Crippen LogP contribution < -0.4 is 4.57 Å². The van der Waals surface area contributed by atoms with E-state index in [1.807, 2.05) is 30.3 Å². The van der Waals surface area contributed by atoms with Crippen LogP contribution in [0.15, 0.2) is 65.1 Å². The zero-order valence-electron chi connectivity index (χ0n) is 20.7. The quantitative estimate of drug-likeness (QED) is 0.267. The number of aryl methyl sites for hydroxylation is 2. The van der Waals surface area contributed by atoms with Crippen molar-refractivity contribution in [2.75, 3.05) is 0 Å². The van der Waals surface area contributed by atoms with Gasteiger partial charge < -0.3 is 4.42 Å². The number of benzene rings is 3. The molecule has 0 saturated heterocycles. The Morgan fingerprint density at radius 3 is 2.29 bits per heavy atom. The predicted molar refractivity (Wildman–Crippen MR) is 139 cm³/mol. The third-order valence-corrected chi connectivity index (χ3v) is 7.07. The van der Waals surface area contributed by atoms with E-state index in [9.17, 15) is 5.26 Å².